The third kappa shape index (κ3) is 6.67. The van der Waals surface area contributed by atoms with Gasteiger partial charge in [0.15, 0.2) is 0 Å². The molecule has 1 atom stereocenters. The van der Waals surface area contributed by atoms with E-state index in [1.807, 2.05) is 60.7 Å². The van der Waals surface area contributed by atoms with Gasteiger partial charge in [0.25, 0.3) is 0 Å². The number of carbonyl (C=O) groups is 1. The zero-order valence-corrected chi connectivity index (χ0v) is 17.3. The molecule has 168 valence electrons. The lowest BCUT2D eigenvalue weighted by Crippen LogP contribution is -2.40. The molecule has 0 spiro atoms. The zero-order valence-electron chi connectivity index (χ0n) is 17.3. The molecule has 1 amide bonds. The van der Waals surface area contributed by atoms with Gasteiger partial charge in [-0.25, -0.2) is 0 Å². The Balaban J connectivity index is 1.53. The third-order valence-corrected chi connectivity index (χ3v) is 5.00. The minimum absolute atomic E-state index is 0.0184. The lowest BCUT2D eigenvalue weighted by molar-refractivity contribution is -0.137. The lowest BCUT2D eigenvalue weighted by Gasteiger charge is -2.19. The lowest BCUT2D eigenvalue weighted by atomic mass is 9.90. The van der Waals surface area contributed by atoms with Crippen molar-refractivity contribution in [2.75, 3.05) is 13.1 Å². The van der Waals surface area contributed by atoms with Gasteiger partial charge in [-0.2, -0.15) is 13.2 Å². The number of aliphatic hydroxyl groups excluding tert-OH is 1. The van der Waals surface area contributed by atoms with Crippen LogP contribution >= 0.6 is 0 Å². The van der Waals surface area contributed by atoms with Crippen molar-refractivity contribution in [3.63, 3.8) is 0 Å². The molecule has 0 aliphatic rings. The van der Waals surface area contributed by atoms with Crippen molar-refractivity contribution in [1.82, 2.24) is 10.6 Å². The van der Waals surface area contributed by atoms with Crippen LogP contribution in [0.15, 0.2) is 84.9 Å². The summed E-state index contributed by atoms with van der Waals surface area (Å²) >= 11 is 0. The van der Waals surface area contributed by atoms with E-state index in [0.29, 0.717) is 5.56 Å². The molecule has 0 aliphatic carbocycles. The highest BCUT2D eigenvalue weighted by Crippen LogP contribution is 2.29. The maximum atomic E-state index is 12.9. The van der Waals surface area contributed by atoms with Gasteiger partial charge in [0.05, 0.1) is 17.6 Å². The zero-order chi connectivity index (χ0) is 23.0. The summed E-state index contributed by atoms with van der Waals surface area (Å²) in [5.41, 5.74) is 1.43. The summed E-state index contributed by atoms with van der Waals surface area (Å²) in [5, 5.41) is 15.9. The fourth-order valence-electron chi connectivity index (χ4n) is 3.42. The average molecular weight is 442 g/mol. The maximum Gasteiger partial charge on any atom is 0.416 e. The van der Waals surface area contributed by atoms with Crippen molar-refractivity contribution in [3.8, 4) is 0 Å². The first kappa shape index (κ1) is 23.5. The van der Waals surface area contributed by atoms with Crippen molar-refractivity contribution in [2.24, 2.45) is 0 Å². The predicted molar refractivity (Wildman–Crippen MR) is 117 cm³/mol. The van der Waals surface area contributed by atoms with Crippen molar-refractivity contribution in [2.45, 2.75) is 24.7 Å². The SMILES string of the molecule is O=C(NCC(O)CNCc1cccc(C(F)(F)F)c1)C(c1ccccc1)c1ccccc1. The molecule has 0 aliphatic heterocycles. The number of halogens is 3. The Hall–Kier alpha value is -3.16. The summed E-state index contributed by atoms with van der Waals surface area (Å²) in [5.74, 6) is -0.748. The molecule has 0 saturated heterocycles. The molecule has 3 aromatic rings. The quantitative estimate of drug-likeness (QED) is 0.468. The van der Waals surface area contributed by atoms with Crippen LogP contribution in [0, 0.1) is 0 Å². The van der Waals surface area contributed by atoms with E-state index in [1.165, 1.54) is 6.07 Å². The van der Waals surface area contributed by atoms with Gasteiger partial charge in [0.2, 0.25) is 5.91 Å². The number of aliphatic hydroxyl groups is 1. The minimum atomic E-state index is -4.39. The first-order chi connectivity index (χ1) is 15.3. The number of alkyl halides is 3. The highest BCUT2D eigenvalue weighted by molar-refractivity contribution is 5.87. The van der Waals surface area contributed by atoms with E-state index in [2.05, 4.69) is 10.6 Å². The summed E-state index contributed by atoms with van der Waals surface area (Å²) in [6, 6.07) is 23.8. The van der Waals surface area contributed by atoms with Gasteiger partial charge in [0.1, 0.15) is 0 Å². The molecule has 0 heterocycles. The topological polar surface area (TPSA) is 61.4 Å². The van der Waals surface area contributed by atoms with Crippen LogP contribution in [0.3, 0.4) is 0 Å². The molecule has 0 fully saturated rings. The molecule has 3 N–H and O–H groups in total. The number of hydrogen-bond donors (Lipinski definition) is 3. The van der Waals surface area contributed by atoms with Crippen LogP contribution in [0.2, 0.25) is 0 Å². The molecular formula is C25H25F3N2O2. The second-order valence-corrected chi connectivity index (χ2v) is 7.48. The molecule has 0 bridgehead atoms. The van der Waals surface area contributed by atoms with Crippen LogP contribution in [-0.2, 0) is 17.5 Å². The fourth-order valence-corrected chi connectivity index (χ4v) is 3.42. The average Bonchev–Trinajstić information content (AvgIpc) is 2.79. The highest BCUT2D eigenvalue weighted by atomic mass is 19.4. The normalized spacial score (nSPS) is 12.5. The number of amides is 1. The second kappa shape index (κ2) is 10.9. The molecule has 4 nitrogen and oxygen atoms in total. The van der Waals surface area contributed by atoms with E-state index in [0.717, 1.165) is 23.3 Å². The van der Waals surface area contributed by atoms with Crippen LogP contribution in [0.1, 0.15) is 28.2 Å². The number of carbonyl (C=O) groups excluding carboxylic acids is 1. The number of nitrogens with one attached hydrogen (secondary N) is 2. The molecule has 0 radical (unpaired) electrons. The van der Waals surface area contributed by atoms with Gasteiger partial charge in [-0.3, -0.25) is 4.79 Å². The molecule has 3 rings (SSSR count). The summed E-state index contributed by atoms with van der Waals surface area (Å²) in [6.07, 6.45) is -5.29. The summed E-state index contributed by atoms with van der Waals surface area (Å²) in [4.78, 5) is 12.9. The Labute approximate surface area is 185 Å². The van der Waals surface area contributed by atoms with Gasteiger partial charge in [-0.05, 0) is 22.8 Å². The highest BCUT2D eigenvalue weighted by Gasteiger charge is 2.30. The van der Waals surface area contributed by atoms with Gasteiger partial charge in [-0.15, -0.1) is 0 Å². The standard InChI is InChI=1S/C25H25F3N2O2/c26-25(27,28)21-13-7-8-18(14-21)15-29-16-22(31)17-30-24(32)23(19-9-3-1-4-10-19)20-11-5-2-6-12-20/h1-14,22-23,29,31H,15-17H2,(H,30,32). The predicted octanol–water partition coefficient (Wildman–Crippen LogP) is 4.10. The molecule has 0 saturated carbocycles. The smallest absolute Gasteiger partial charge is 0.390 e. The minimum Gasteiger partial charge on any atom is -0.390 e. The van der Waals surface area contributed by atoms with Crippen molar-refractivity contribution in [1.29, 1.82) is 0 Å². The number of hydrogen-bond acceptors (Lipinski definition) is 3. The van der Waals surface area contributed by atoms with Crippen LogP contribution in [0.4, 0.5) is 13.2 Å². The van der Waals surface area contributed by atoms with E-state index in [9.17, 15) is 23.1 Å². The van der Waals surface area contributed by atoms with Crippen LogP contribution in [0.5, 0.6) is 0 Å². The molecule has 1 unspecified atom stereocenters. The summed E-state index contributed by atoms with van der Waals surface area (Å²) in [7, 11) is 0. The van der Waals surface area contributed by atoms with Gasteiger partial charge >= 0.3 is 6.18 Å². The van der Waals surface area contributed by atoms with Crippen LogP contribution in [-0.4, -0.2) is 30.2 Å². The summed E-state index contributed by atoms with van der Waals surface area (Å²) < 4.78 is 38.4. The molecule has 0 aromatic heterocycles. The monoisotopic (exact) mass is 442 g/mol. The molecule has 3 aromatic carbocycles. The van der Waals surface area contributed by atoms with E-state index in [4.69, 9.17) is 0 Å². The van der Waals surface area contributed by atoms with E-state index < -0.39 is 23.8 Å². The van der Waals surface area contributed by atoms with Crippen LogP contribution in [0.25, 0.3) is 0 Å². The Morgan fingerprint density at radius 3 is 2.00 bits per heavy atom. The fraction of sp³-hybridized carbons (Fsp3) is 0.240. The Morgan fingerprint density at radius 1 is 0.844 bits per heavy atom. The summed E-state index contributed by atoms with van der Waals surface area (Å²) in [6.45, 7) is 0.314. The van der Waals surface area contributed by atoms with Crippen LogP contribution < -0.4 is 10.6 Å². The second-order valence-electron chi connectivity index (χ2n) is 7.48. The Bertz CT molecular complexity index is 955. The maximum absolute atomic E-state index is 12.9. The van der Waals surface area contributed by atoms with Crippen molar-refractivity contribution >= 4 is 5.91 Å². The first-order valence-corrected chi connectivity index (χ1v) is 10.3. The Morgan fingerprint density at radius 2 is 1.44 bits per heavy atom. The van der Waals surface area contributed by atoms with Crippen molar-refractivity contribution < 1.29 is 23.1 Å². The molecular weight excluding hydrogens is 417 g/mol. The van der Waals surface area contributed by atoms with E-state index in [-0.39, 0.29) is 25.5 Å². The van der Waals surface area contributed by atoms with E-state index >= 15 is 0 Å². The third-order valence-electron chi connectivity index (χ3n) is 5.00. The Kier molecular flexibility index (Phi) is 8.03. The van der Waals surface area contributed by atoms with Crippen molar-refractivity contribution in [3.05, 3.63) is 107 Å². The molecule has 7 heteroatoms. The first-order valence-electron chi connectivity index (χ1n) is 10.3. The van der Waals surface area contributed by atoms with Gasteiger partial charge < -0.3 is 15.7 Å². The number of rotatable bonds is 9. The van der Waals surface area contributed by atoms with E-state index in [1.54, 1.807) is 6.07 Å². The van der Waals surface area contributed by atoms with Gasteiger partial charge in [-0.1, -0.05) is 78.9 Å². The van der Waals surface area contributed by atoms with Gasteiger partial charge in [0, 0.05) is 19.6 Å². The molecule has 32 heavy (non-hydrogen) atoms. The number of benzene rings is 3. The largest absolute Gasteiger partial charge is 0.416 e.